The van der Waals surface area contributed by atoms with Crippen molar-refractivity contribution in [2.45, 2.75) is 19.4 Å². The van der Waals surface area contributed by atoms with E-state index >= 15 is 0 Å². The Morgan fingerprint density at radius 3 is 2.55 bits per heavy atom. The van der Waals surface area contributed by atoms with Gasteiger partial charge in [0.1, 0.15) is 5.54 Å². The molecule has 2 aromatic rings. The quantitative estimate of drug-likeness (QED) is 0.882. The fourth-order valence-corrected chi connectivity index (χ4v) is 1.96. The highest BCUT2D eigenvalue weighted by Gasteiger charge is 2.32. The van der Waals surface area contributed by atoms with Crippen molar-refractivity contribution in [3.63, 3.8) is 0 Å². The minimum atomic E-state index is -0.794. The molecule has 0 atom stereocenters. The summed E-state index contributed by atoms with van der Waals surface area (Å²) in [5, 5.41) is 0.595. The predicted octanol–water partition coefficient (Wildman–Crippen LogP) is 3.12. The van der Waals surface area contributed by atoms with Crippen molar-refractivity contribution in [1.82, 2.24) is 9.97 Å². The minimum absolute atomic E-state index is 0.239. The largest absolute Gasteiger partial charge is 0.341 e. The maximum Gasteiger partial charge on any atom is 0.295 e. The third-order valence-corrected chi connectivity index (χ3v) is 3.15. The van der Waals surface area contributed by atoms with Crippen LogP contribution in [0.3, 0.4) is 0 Å². The van der Waals surface area contributed by atoms with E-state index in [1.807, 2.05) is 0 Å². The van der Waals surface area contributed by atoms with Crippen molar-refractivity contribution >= 4 is 23.2 Å². The van der Waals surface area contributed by atoms with Crippen LogP contribution >= 0.6 is 11.6 Å². The molecule has 1 heterocycles. The number of aromatic amines is 1. The average Bonchev–Trinajstić information content (AvgIpc) is 2.95. The highest BCUT2D eigenvalue weighted by atomic mass is 35.5. The smallest absolute Gasteiger partial charge is 0.295 e. The third-order valence-electron chi connectivity index (χ3n) is 2.90. The van der Waals surface area contributed by atoms with Gasteiger partial charge in [0.2, 0.25) is 0 Å². The van der Waals surface area contributed by atoms with Gasteiger partial charge in [-0.15, -0.1) is 6.42 Å². The molecule has 0 spiro atoms. The van der Waals surface area contributed by atoms with Gasteiger partial charge < -0.3 is 4.98 Å². The van der Waals surface area contributed by atoms with Gasteiger partial charge in [-0.25, -0.2) is 4.98 Å². The minimum Gasteiger partial charge on any atom is -0.341 e. The van der Waals surface area contributed by atoms with E-state index in [-0.39, 0.29) is 11.7 Å². The topological polar surface area (TPSA) is 49.0 Å². The molecule has 0 bridgehead atoms. The summed E-state index contributed by atoms with van der Waals surface area (Å²) < 4.78 is 0. The van der Waals surface area contributed by atoms with Gasteiger partial charge in [-0.3, -0.25) is 9.69 Å². The lowest BCUT2D eigenvalue weighted by Gasteiger charge is -2.34. The van der Waals surface area contributed by atoms with Gasteiger partial charge >= 0.3 is 0 Å². The van der Waals surface area contributed by atoms with E-state index in [2.05, 4.69) is 15.9 Å². The van der Waals surface area contributed by atoms with Gasteiger partial charge in [-0.1, -0.05) is 17.5 Å². The maximum atomic E-state index is 12.6. The number of benzene rings is 1. The van der Waals surface area contributed by atoms with Gasteiger partial charge in [0.25, 0.3) is 5.91 Å². The fraction of sp³-hybridized carbons (Fsp3) is 0.200. The number of aromatic nitrogens is 2. The molecule has 4 nitrogen and oxygen atoms in total. The lowest BCUT2D eigenvalue weighted by molar-refractivity contribution is 0.0963. The van der Waals surface area contributed by atoms with Crippen molar-refractivity contribution in [2.75, 3.05) is 4.90 Å². The van der Waals surface area contributed by atoms with E-state index in [9.17, 15) is 4.79 Å². The number of amides is 1. The number of anilines is 1. The maximum absolute atomic E-state index is 12.6. The predicted molar refractivity (Wildman–Crippen MR) is 79.8 cm³/mol. The molecule has 0 radical (unpaired) electrons. The Morgan fingerprint density at radius 1 is 1.40 bits per heavy atom. The summed E-state index contributed by atoms with van der Waals surface area (Å²) in [5.74, 6) is 2.58. The number of nitrogens with one attached hydrogen (secondary N) is 1. The second-order valence-corrected chi connectivity index (χ2v) is 5.19. The van der Waals surface area contributed by atoms with Crippen LogP contribution in [0.25, 0.3) is 0 Å². The number of carbonyl (C=O) groups is 1. The third kappa shape index (κ3) is 2.68. The molecule has 102 valence electrons. The van der Waals surface area contributed by atoms with E-state index < -0.39 is 5.54 Å². The van der Waals surface area contributed by atoms with Gasteiger partial charge in [0.05, 0.1) is 0 Å². The zero-order valence-electron chi connectivity index (χ0n) is 11.2. The molecule has 1 N–H and O–H groups in total. The fourth-order valence-electron chi connectivity index (χ4n) is 1.84. The highest BCUT2D eigenvalue weighted by Crippen LogP contribution is 2.26. The van der Waals surface area contributed by atoms with Crippen LogP contribution in [0.2, 0.25) is 5.02 Å². The van der Waals surface area contributed by atoms with Crippen LogP contribution in [0.5, 0.6) is 0 Å². The summed E-state index contributed by atoms with van der Waals surface area (Å²) in [4.78, 5) is 20.9. The Morgan fingerprint density at radius 2 is 2.05 bits per heavy atom. The average molecular weight is 288 g/mol. The van der Waals surface area contributed by atoms with Crippen LogP contribution in [0.4, 0.5) is 5.69 Å². The number of imidazole rings is 1. The van der Waals surface area contributed by atoms with Crippen LogP contribution < -0.4 is 4.90 Å². The second-order valence-electron chi connectivity index (χ2n) is 4.76. The molecule has 0 saturated heterocycles. The monoisotopic (exact) mass is 287 g/mol. The van der Waals surface area contributed by atoms with Crippen LogP contribution in [0.15, 0.2) is 36.7 Å². The molecule has 0 fully saturated rings. The van der Waals surface area contributed by atoms with Gasteiger partial charge in [0, 0.05) is 23.1 Å². The summed E-state index contributed by atoms with van der Waals surface area (Å²) >= 11 is 5.88. The SMILES string of the molecule is C#CC(C)(C)N(C(=O)c1ncc[nH]1)c1ccc(Cl)cc1. The number of hydrogen-bond donors (Lipinski definition) is 1. The summed E-state index contributed by atoms with van der Waals surface area (Å²) in [7, 11) is 0. The normalized spacial score (nSPS) is 10.9. The van der Waals surface area contributed by atoms with Crippen molar-refractivity contribution in [3.05, 3.63) is 47.5 Å². The molecule has 1 amide bonds. The van der Waals surface area contributed by atoms with Crippen molar-refractivity contribution in [2.24, 2.45) is 0 Å². The first-order chi connectivity index (χ1) is 9.45. The summed E-state index contributed by atoms with van der Waals surface area (Å²) in [5.41, 5.74) is -0.128. The highest BCUT2D eigenvalue weighted by molar-refractivity contribution is 6.30. The molecule has 0 saturated carbocycles. The molecule has 0 aliphatic heterocycles. The summed E-state index contributed by atoms with van der Waals surface area (Å²) in [6.07, 6.45) is 8.68. The Labute approximate surface area is 122 Å². The molecule has 5 heteroatoms. The zero-order chi connectivity index (χ0) is 14.8. The van der Waals surface area contributed by atoms with Crippen molar-refractivity contribution in [3.8, 4) is 12.3 Å². The molecule has 20 heavy (non-hydrogen) atoms. The van der Waals surface area contributed by atoms with Crippen LogP contribution in [-0.2, 0) is 0 Å². The van der Waals surface area contributed by atoms with Crippen molar-refractivity contribution < 1.29 is 4.79 Å². The number of rotatable bonds is 3. The van der Waals surface area contributed by atoms with E-state index in [1.54, 1.807) is 44.3 Å². The zero-order valence-corrected chi connectivity index (χ0v) is 12.0. The Kier molecular flexibility index (Phi) is 3.82. The molecule has 2 rings (SSSR count). The van der Waals surface area contributed by atoms with Crippen LogP contribution in [0, 0.1) is 12.3 Å². The summed E-state index contributed by atoms with van der Waals surface area (Å²) in [6, 6.07) is 6.93. The molecular weight excluding hydrogens is 274 g/mol. The number of hydrogen-bond acceptors (Lipinski definition) is 2. The lowest BCUT2D eigenvalue weighted by atomic mass is 10.0. The molecule has 0 unspecified atom stereocenters. The second kappa shape index (κ2) is 5.40. The van der Waals surface area contributed by atoms with E-state index in [1.165, 1.54) is 11.1 Å². The number of terminal acetylenes is 1. The number of carbonyl (C=O) groups excluding carboxylic acids is 1. The number of halogens is 1. The Bertz CT molecular complexity index is 639. The van der Waals surface area contributed by atoms with E-state index in [4.69, 9.17) is 18.0 Å². The van der Waals surface area contributed by atoms with Crippen LogP contribution in [-0.4, -0.2) is 21.4 Å². The van der Waals surface area contributed by atoms with Gasteiger partial charge in [-0.2, -0.15) is 0 Å². The molecule has 0 aliphatic rings. The van der Waals surface area contributed by atoms with Gasteiger partial charge in [0.15, 0.2) is 5.82 Å². The van der Waals surface area contributed by atoms with Crippen molar-refractivity contribution in [1.29, 1.82) is 0 Å². The lowest BCUT2D eigenvalue weighted by Crippen LogP contribution is -2.47. The first kappa shape index (κ1) is 14.2. The number of H-pyrrole nitrogens is 1. The van der Waals surface area contributed by atoms with E-state index in [0.29, 0.717) is 10.7 Å². The Hall–Kier alpha value is -2.25. The Balaban J connectivity index is 2.49. The molecule has 0 aliphatic carbocycles. The van der Waals surface area contributed by atoms with Gasteiger partial charge in [-0.05, 0) is 38.1 Å². The standard InChI is InChI=1S/C15H14ClN3O/c1-4-15(2,3)19(12-7-5-11(16)6-8-12)14(20)13-17-9-10-18-13/h1,5-10H,2-3H3,(H,17,18). The van der Waals surface area contributed by atoms with E-state index in [0.717, 1.165) is 0 Å². The van der Waals surface area contributed by atoms with Crippen LogP contribution in [0.1, 0.15) is 24.5 Å². The first-order valence-corrected chi connectivity index (χ1v) is 6.41. The molecular formula is C15H14ClN3O. The summed E-state index contributed by atoms with van der Waals surface area (Å²) in [6.45, 7) is 3.59. The number of nitrogens with zero attached hydrogens (tertiary/aromatic N) is 2. The molecule has 1 aromatic carbocycles. The first-order valence-electron chi connectivity index (χ1n) is 6.03. The molecule has 1 aromatic heterocycles.